The van der Waals surface area contributed by atoms with Crippen LogP contribution in [0.2, 0.25) is 0 Å². The lowest BCUT2D eigenvalue weighted by Gasteiger charge is -2.14. The topological polar surface area (TPSA) is 132 Å². The van der Waals surface area contributed by atoms with E-state index in [1.54, 1.807) is 13.0 Å². The fourth-order valence-corrected chi connectivity index (χ4v) is 3.79. The van der Waals surface area contributed by atoms with Crippen LogP contribution in [0.1, 0.15) is 44.0 Å². The van der Waals surface area contributed by atoms with Gasteiger partial charge in [0.1, 0.15) is 4.90 Å². The molecule has 0 saturated carbocycles. The van der Waals surface area contributed by atoms with E-state index in [9.17, 15) is 16.8 Å². The summed E-state index contributed by atoms with van der Waals surface area (Å²) in [6, 6.07) is 5.86. The average molecular weight is 399 g/mol. The molecule has 0 fully saturated rings. The predicted octanol–water partition coefficient (Wildman–Crippen LogP) is 1.33. The van der Waals surface area contributed by atoms with Gasteiger partial charge in [0.25, 0.3) is 0 Å². The predicted molar refractivity (Wildman–Crippen MR) is 97.5 cm³/mol. The van der Waals surface area contributed by atoms with Crippen LogP contribution in [0, 0.1) is 0 Å². The molecule has 0 aliphatic rings. The summed E-state index contributed by atoms with van der Waals surface area (Å²) in [4.78, 5) is 8.28. The van der Waals surface area contributed by atoms with Gasteiger partial charge in [-0.1, -0.05) is 20.8 Å². The molecule has 0 bridgehead atoms. The van der Waals surface area contributed by atoms with Gasteiger partial charge in [-0.3, -0.25) is 9.97 Å². The highest BCUT2D eigenvalue weighted by Crippen LogP contribution is 2.18. The number of rotatable bonds is 7. The number of primary sulfonamides is 1. The third-order valence-electron chi connectivity index (χ3n) is 3.83. The van der Waals surface area contributed by atoms with Crippen LogP contribution < -0.4 is 9.86 Å². The van der Waals surface area contributed by atoms with Crippen LogP contribution in [0.5, 0.6) is 0 Å². The number of nitrogens with one attached hydrogen (secondary N) is 1. The number of aromatic nitrogens is 2. The molecule has 3 N–H and O–H groups in total. The Kier molecular flexibility index (Phi) is 6.12. The van der Waals surface area contributed by atoms with Gasteiger partial charge >= 0.3 is 0 Å². The van der Waals surface area contributed by atoms with Gasteiger partial charge in [-0.15, -0.1) is 0 Å². The molecular formula is C16H22N4O4S2. The summed E-state index contributed by atoms with van der Waals surface area (Å²) in [6.45, 7) is 5.77. The first kappa shape index (κ1) is 20.4. The zero-order valence-corrected chi connectivity index (χ0v) is 16.4. The highest BCUT2D eigenvalue weighted by molar-refractivity contribution is 7.89. The Morgan fingerprint density at radius 3 is 2.23 bits per heavy atom. The van der Waals surface area contributed by atoms with Crippen LogP contribution in [0.25, 0.3) is 0 Å². The summed E-state index contributed by atoms with van der Waals surface area (Å²) in [5, 5.41) is 5.03. The number of hydrogen-bond donors (Lipinski definition) is 2. The molecule has 0 aliphatic carbocycles. The maximum Gasteiger partial charge on any atom is 0.240 e. The zero-order chi connectivity index (χ0) is 19.5. The zero-order valence-electron chi connectivity index (χ0n) is 14.7. The second-order valence-corrected chi connectivity index (χ2v) is 9.62. The Morgan fingerprint density at radius 1 is 1.00 bits per heavy atom. The van der Waals surface area contributed by atoms with E-state index in [4.69, 9.17) is 5.14 Å². The molecule has 2 aromatic heterocycles. The third kappa shape index (κ3) is 5.07. The Morgan fingerprint density at radius 2 is 1.69 bits per heavy atom. The van der Waals surface area contributed by atoms with Crippen molar-refractivity contribution in [3.05, 3.63) is 48.0 Å². The van der Waals surface area contributed by atoms with Crippen LogP contribution in [-0.4, -0.2) is 33.3 Å². The Labute approximate surface area is 154 Å². The quantitative estimate of drug-likeness (QED) is 0.723. The Balaban J connectivity index is 2.10. The van der Waals surface area contributed by atoms with E-state index < -0.39 is 20.0 Å². The van der Waals surface area contributed by atoms with Crippen molar-refractivity contribution in [1.29, 1.82) is 0 Å². The van der Waals surface area contributed by atoms with Crippen molar-refractivity contribution in [3.8, 4) is 0 Å². The lowest BCUT2D eigenvalue weighted by molar-refractivity contribution is 0.573. The number of pyridine rings is 2. The summed E-state index contributed by atoms with van der Waals surface area (Å²) >= 11 is 0. The lowest BCUT2D eigenvalue weighted by atomic mass is 10.1. The average Bonchev–Trinajstić information content (AvgIpc) is 2.59. The van der Waals surface area contributed by atoms with Gasteiger partial charge in [-0.25, -0.2) is 26.7 Å². The minimum atomic E-state index is -3.81. The van der Waals surface area contributed by atoms with Gasteiger partial charge in [0.2, 0.25) is 20.0 Å². The first-order valence-corrected chi connectivity index (χ1v) is 11.0. The molecule has 0 spiro atoms. The minimum absolute atomic E-state index is 0.0907. The largest absolute Gasteiger partial charge is 0.261 e. The standard InChI is InChI=1S/C16H22N4O4S2/c1-11(2)16-8-13(6-7-18-16)26(23,24)20-9-12(3)15-5-4-14(10-19-15)25(17,21)22/h4-8,10-12,20H,9H2,1-3H3,(H2,17,21,22). The normalized spacial score (nSPS) is 13.7. The van der Waals surface area contributed by atoms with Crippen LogP contribution in [-0.2, 0) is 20.0 Å². The maximum absolute atomic E-state index is 12.5. The number of sulfonamides is 2. The first-order chi connectivity index (χ1) is 12.0. The van der Waals surface area contributed by atoms with E-state index in [2.05, 4.69) is 14.7 Å². The third-order valence-corrected chi connectivity index (χ3v) is 6.15. The van der Waals surface area contributed by atoms with E-state index in [0.717, 1.165) is 6.20 Å². The van der Waals surface area contributed by atoms with Gasteiger partial charge in [0.15, 0.2) is 0 Å². The highest BCUT2D eigenvalue weighted by Gasteiger charge is 2.18. The summed E-state index contributed by atoms with van der Waals surface area (Å²) < 4.78 is 50.0. The summed E-state index contributed by atoms with van der Waals surface area (Å²) in [5.41, 5.74) is 1.25. The fourth-order valence-electron chi connectivity index (χ4n) is 2.18. The molecule has 0 radical (unpaired) electrons. The van der Waals surface area contributed by atoms with Crippen molar-refractivity contribution < 1.29 is 16.8 Å². The molecule has 8 nitrogen and oxygen atoms in total. The molecule has 0 amide bonds. The SMILES string of the molecule is CC(C)c1cc(S(=O)(=O)NCC(C)c2ccc(S(N)(=O)=O)cn2)ccn1. The molecule has 10 heteroatoms. The summed E-state index contributed by atoms with van der Waals surface area (Å²) in [6.07, 6.45) is 2.63. The first-order valence-electron chi connectivity index (χ1n) is 7.95. The van der Waals surface area contributed by atoms with E-state index in [1.807, 2.05) is 13.8 Å². The molecule has 26 heavy (non-hydrogen) atoms. The molecule has 2 rings (SSSR count). The molecule has 0 aromatic carbocycles. The van der Waals surface area contributed by atoms with Crippen molar-refractivity contribution in [3.63, 3.8) is 0 Å². The number of nitrogens with two attached hydrogens (primary N) is 1. The van der Waals surface area contributed by atoms with Crippen LogP contribution in [0.4, 0.5) is 0 Å². The molecule has 2 aromatic rings. The smallest absolute Gasteiger partial charge is 0.240 e. The summed E-state index contributed by atoms with van der Waals surface area (Å²) in [7, 11) is -7.49. The van der Waals surface area contributed by atoms with Crippen LogP contribution in [0.15, 0.2) is 46.5 Å². The van der Waals surface area contributed by atoms with Gasteiger partial charge in [0, 0.05) is 36.2 Å². The number of hydrogen-bond acceptors (Lipinski definition) is 6. The van der Waals surface area contributed by atoms with Crippen molar-refractivity contribution in [1.82, 2.24) is 14.7 Å². The monoisotopic (exact) mass is 398 g/mol. The summed E-state index contributed by atoms with van der Waals surface area (Å²) in [5.74, 6) is -0.142. The molecule has 0 saturated heterocycles. The van der Waals surface area contributed by atoms with Gasteiger partial charge in [-0.05, 0) is 30.2 Å². The van der Waals surface area contributed by atoms with Gasteiger partial charge in [-0.2, -0.15) is 0 Å². The lowest BCUT2D eigenvalue weighted by Crippen LogP contribution is -2.28. The Bertz CT molecular complexity index is 972. The van der Waals surface area contributed by atoms with Gasteiger partial charge < -0.3 is 0 Å². The van der Waals surface area contributed by atoms with Crippen molar-refractivity contribution >= 4 is 20.0 Å². The molecule has 1 unspecified atom stereocenters. The molecule has 142 valence electrons. The van der Waals surface area contributed by atoms with Crippen molar-refractivity contribution in [2.24, 2.45) is 5.14 Å². The van der Waals surface area contributed by atoms with Crippen LogP contribution >= 0.6 is 0 Å². The second kappa shape index (κ2) is 7.78. The van der Waals surface area contributed by atoms with Gasteiger partial charge in [0.05, 0.1) is 4.90 Å². The molecular weight excluding hydrogens is 376 g/mol. The fraction of sp³-hybridized carbons (Fsp3) is 0.375. The van der Waals surface area contributed by atoms with E-state index >= 15 is 0 Å². The molecule has 2 heterocycles. The van der Waals surface area contributed by atoms with E-state index in [-0.39, 0.29) is 28.2 Å². The Hall–Kier alpha value is -1.88. The maximum atomic E-state index is 12.5. The highest BCUT2D eigenvalue weighted by atomic mass is 32.2. The minimum Gasteiger partial charge on any atom is -0.261 e. The van der Waals surface area contributed by atoms with Crippen molar-refractivity contribution in [2.75, 3.05) is 6.54 Å². The molecule has 1 atom stereocenters. The van der Waals surface area contributed by atoms with E-state index in [0.29, 0.717) is 11.4 Å². The second-order valence-electron chi connectivity index (χ2n) is 6.29. The van der Waals surface area contributed by atoms with Crippen molar-refractivity contribution in [2.45, 2.75) is 42.4 Å². The van der Waals surface area contributed by atoms with Crippen LogP contribution in [0.3, 0.4) is 0 Å². The molecule has 0 aliphatic heterocycles. The van der Waals surface area contributed by atoms with E-state index in [1.165, 1.54) is 24.4 Å². The number of nitrogens with zero attached hydrogens (tertiary/aromatic N) is 2.